The summed E-state index contributed by atoms with van der Waals surface area (Å²) in [6.45, 7) is 0. The number of hydrogen-bond donors (Lipinski definition) is 0. The van der Waals surface area contributed by atoms with Crippen LogP contribution in [0.4, 0.5) is 4.39 Å². The molecular formula is C8H6FN3O. The molecule has 0 saturated heterocycles. The second kappa shape index (κ2) is 2.62. The second-order valence-corrected chi connectivity index (χ2v) is 2.63. The van der Waals surface area contributed by atoms with Gasteiger partial charge in [-0.05, 0) is 12.1 Å². The van der Waals surface area contributed by atoms with Gasteiger partial charge in [-0.1, -0.05) is 0 Å². The molecule has 0 unspecified atom stereocenters. The molecule has 0 bridgehead atoms. The first-order valence-electron chi connectivity index (χ1n) is 3.67. The smallest absolute Gasteiger partial charge is 0.270 e. The third-order valence-corrected chi connectivity index (χ3v) is 1.78. The van der Waals surface area contributed by atoms with E-state index < -0.39 is 5.95 Å². The fraction of sp³-hybridized carbons (Fsp3) is 0.125. The van der Waals surface area contributed by atoms with E-state index in [4.69, 9.17) is 0 Å². The Morgan fingerprint density at radius 2 is 2.23 bits per heavy atom. The van der Waals surface area contributed by atoms with E-state index in [1.807, 2.05) is 0 Å². The van der Waals surface area contributed by atoms with Gasteiger partial charge in [-0.25, -0.2) is 4.98 Å². The molecule has 2 heterocycles. The Kier molecular flexibility index (Phi) is 1.58. The molecule has 0 fully saturated rings. The zero-order valence-electron chi connectivity index (χ0n) is 6.86. The molecule has 0 aliphatic carbocycles. The van der Waals surface area contributed by atoms with E-state index in [1.54, 1.807) is 0 Å². The molecule has 0 aromatic carbocycles. The summed E-state index contributed by atoms with van der Waals surface area (Å²) in [4.78, 5) is 18.5. The molecule has 0 radical (unpaired) electrons. The number of fused-ring (bicyclic) bond motifs is 1. The van der Waals surface area contributed by atoms with Crippen LogP contribution in [0.1, 0.15) is 0 Å². The van der Waals surface area contributed by atoms with Crippen molar-refractivity contribution in [3.8, 4) is 0 Å². The highest BCUT2D eigenvalue weighted by molar-refractivity contribution is 5.69. The van der Waals surface area contributed by atoms with Crippen LogP contribution in [-0.4, -0.2) is 14.5 Å². The highest BCUT2D eigenvalue weighted by Gasteiger charge is 2.02. The molecule has 0 spiro atoms. The van der Waals surface area contributed by atoms with Crippen molar-refractivity contribution in [2.45, 2.75) is 0 Å². The summed E-state index contributed by atoms with van der Waals surface area (Å²) in [6.07, 6.45) is 1.18. The summed E-state index contributed by atoms with van der Waals surface area (Å²) < 4.78 is 13.9. The molecule has 0 aliphatic heterocycles. The number of aromatic nitrogens is 3. The van der Waals surface area contributed by atoms with Gasteiger partial charge < -0.3 is 0 Å². The van der Waals surface area contributed by atoms with E-state index in [0.717, 1.165) is 0 Å². The van der Waals surface area contributed by atoms with Crippen molar-refractivity contribution in [2.24, 2.45) is 7.05 Å². The minimum Gasteiger partial charge on any atom is -0.293 e. The molecule has 0 N–H and O–H groups in total. The Morgan fingerprint density at radius 3 is 3.00 bits per heavy atom. The van der Waals surface area contributed by atoms with Gasteiger partial charge in [0.2, 0.25) is 5.95 Å². The first-order chi connectivity index (χ1) is 6.18. The molecule has 2 rings (SSSR count). The van der Waals surface area contributed by atoms with Gasteiger partial charge in [0, 0.05) is 7.05 Å². The van der Waals surface area contributed by atoms with Crippen molar-refractivity contribution >= 4 is 11.2 Å². The van der Waals surface area contributed by atoms with Gasteiger partial charge in [0.05, 0.1) is 6.20 Å². The molecular weight excluding hydrogens is 173 g/mol. The van der Waals surface area contributed by atoms with Crippen molar-refractivity contribution in [3.63, 3.8) is 0 Å². The molecule has 0 atom stereocenters. The summed E-state index contributed by atoms with van der Waals surface area (Å²) in [7, 11) is 1.53. The lowest BCUT2D eigenvalue weighted by atomic mass is 10.4. The molecule has 2 aromatic heterocycles. The van der Waals surface area contributed by atoms with Gasteiger partial charge in [0.15, 0.2) is 5.65 Å². The van der Waals surface area contributed by atoms with Crippen LogP contribution >= 0.6 is 0 Å². The highest BCUT2D eigenvalue weighted by Crippen LogP contribution is 2.05. The zero-order valence-corrected chi connectivity index (χ0v) is 6.86. The Morgan fingerprint density at radius 1 is 1.46 bits per heavy atom. The number of pyridine rings is 1. The summed E-state index contributed by atoms with van der Waals surface area (Å²) in [5.74, 6) is -0.615. The largest absolute Gasteiger partial charge is 0.293 e. The summed E-state index contributed by atoms with van der Waals surface area (Å²) >= 11 is 0. The minimum atomic E-state index is -0.615. The lowest BCUT2D eigenvalue weighted by Crippen LogP contribution is -2.17. The lowest BCUT2D eigenvalue weighted by Gasteiger charge is -2.00. The third-order valence-electron chi connectivity index (χ3n) is 1.78. The van der Waals surface area contributed by atoms with Crippen LogP contribution in [0, 0.1) is 5.95 Å². The van der Waals surface area contributed by atoms with Gasteiger partial charge in [-0.15, -0.1) is 0 Å². The summed E-state index contributed by atoms with van der Waals surface area (Å²) in [6, 6.07) is 2.69. The van der Waals surface area contributed by atoms with Crippen molar-refractivity contribution in [1.29, 1.82) is 0 Å². The molecule has 0 amide bonds. The predicted molar refractivity (Wildman–Crippen MR) is 44.7 cm³/mol. The summed E-state index contributed by atoms with van der Waals surface area (Å²) in [5, 5.41) is 0. The van der Waals surface area contributed by atoms with Crippen molar-refractivity contribution < 1.29 is 4.39 Å². The van der Waals surface area contributed by atoms with Gasteiger partial charge in [-0.2, -0.15) is 9.37 Å². The zero-order chi connectivity index (χ0) is 9.42. The predicted octanol–water partition coefficient (Wildman–Crippen LogP) is 0.468. The molecule has 4 nitrogen and oxygen atoms in total. The number of aryl methyl sites for hydroxylation is 1. The van der Waals surface area contributed by atoms with Crippen LogP contribution in [-0.2, 0) is 7.05 Å². The molecule has 2 aromatic rings. The van der Waals surface area contributed by atoms with Crippen LogP contribution in [0.5, 0.6) is 0 Å². The van der Waals surface area contributed by atoms with Crippen LogP contribution in [0.15, 0.2) is 23.1 Å². The van der Waals surface area contributed by atoms with Gasteiger partial charge in [0.1, 0.15) is 5.52 Å². The quantitative estimate of drug-likeness (QED) is 0.552. The number of hydrogen-bond acceptors (Lipinski definition) is 3. The fourth-order valence-corrected chi connectivity index (χ4v) is 1.08. The van der Waals surface area contributed by atoms with E-state index in [1.165, 1.54) is 29.9 Å². The maximum absolute atomic E-state index is 12.7. The Bertz CT molecular complexity index is 520. The van der Waals surface area contributed by atoms with E-state index in [9.17, 15) is 9.18 Å². The fourth-order valence-electron chi connectivity index (χ4n) is 1.08. The van der Waals surface area contributed by atoms with E-state index in [0.29, 0.717) is 5.52 Å². The van der Waals surface area contributed by atoms with E-state index in [-0.39, 0.29) is 11.2 Å². The Labute approximate surface area is 72.7 Å². The van der Waals surface area contributed by atoms with E-state index in [2.05, 4.69) is 9.97 Å². The average molecular weight is 179 g/mol. The van der Waals surface area contributed by atoms with Gasteiger partial charge in [-0.3, -0.25) is 9.36 Å². The maximum Gasteiger partial charge on any atom is 0.270 e. The molecule has 0 aliphatic rings. The van der Waals surface area contributed by atoms with Crippen molar-refractivity contribution in [2.75, 3.05) is 0 Å². The number of halogens is 1. The molecule has 66 valence electrons. The summed E-state index contributed by atoms with van der Waals surface area (Å²) in [5.41, 5.74) is 0.460. The van der Waals surface area contributed by atoms with Crippen LogP contribution < -0.4 is 5.56 Å². The van der Waals surface area contributed by atoms with Crippen LogP contribution in [0.3, 0.4) is 0 Å². The first kappa shape index (κ1) is 7.85. The first-order valence-corrected chi connectivity index (χ1v) is 3.67. The molecule has 0 saturated carbocycles. The highest BCUT2D eigenvalue weighted by atomic mass is 19.1. The number of nitrogens with zero attached hydrogens (tertiary/aromatic N) is 3. The van der Waals surface area contributed by atoms with Crippen molar-refractivity contribution in [1.82, 2.24) is 14.5 Å². The minimum absolute atomic E-state index is 0.257. The molecule has 13 heavy (non-hydrogen) atoms. The van der Waals surface area contributed by atoms with Crippen molar-refractivity contribution in [3.05, 3.63) is 34.6 Å². The molecule has 5 heteroatoms. The third kappa shape index (κ3) is 1.18. The normalized spacial score (nSPS) is 10.6. The Balaban J connectivity index is 2.97. The van der Waals surface area contributed by atoms with Crippen LogP contribution in [0.25, 0.3) is 11.2 Å². The topological polar surface area (TPSA) is 47.8 Å². The second-order valence-electron chi connectivity index (χ2n) is 2.63. The maximum atomic E-state index is 12.7. The van der Waals surface area contributed by atoms with E-state index >= 15 is 0 Å². The average Bonchev–Trinajstić information content (AvgIpc) is 2.12. The van der Waals surface area contributed by atoms with Gasteiger partial charge in [0.25, 0.3) is 5.56 Å². The number of rotatable bonds is 0. The standard InChI is InChI=1S/C8H6FN3O/c1-12-7(13)4-10-5-2-3-6(9)11-8(5)12/h2-4H,1H3. The Hall–Kier alpha value is -1.78. The SMILES string of the molecule is Cn1c(=O)cnc2ccc(F)nc21. The van der Waals surface area contributed by atoms with Gasteiger partial charge >= 0.3 is 0 Å². The lowest BCUT2D eigenvalue weighted by molar-refractivity contribution is 0.585. The monoisotopic (exact) mass is 179 g/mol. The van der Waals surface area contributed by atoms with Crippen LogP contribution in [0.2, 0.25) is 0 Å².